The molecule has 1 aliphatic rings. The van der Waals surface area contributed by atoms with Crippen LogP contribution in [0.5, 0.6) is 23.0 Å². The average molecular weight is 357 g/mol. The van der Waals surface area contributed by atoms with E-state index in [9.17, 15) is 0 Å². The molecule has 0 fully saturated rings. The summed E-state index contributed by atoms with van der Waals surface area (Å²) in [7, 11) is 3.18. The molecule has 2 aromatic rings. The Morgan fingerprint density at radius 1 is 1.12 bits per heavy atom. The second-order valence-corrected chi connectivity index (χ2v) is 5.69. The van der Waals surface area contributed by atoms with Gasteiger partial charge in [-0.05, 0) is 18.2 Å². The van der Waals surface area contributed by atoms with Gasteiger partial charge in [-0.25, -0.2) is 4.99 Å². The first-order valence-corrected chi connectivity index (χ1v) is 8.37. The largest absolute Gasteiger partial charge is 0.493 e. The molecule has 2 aromatic carbocycles. The number of para-hydroxylation sites is 1. The van der Waals surface area contributed by atoms with E-state index < -0.39 is 0 Å². The Morgan fingerprint density at radius 2 is 1.92 bits per heavy atom. The van der Waals surface area contributed by atoms with Gasteiger partial charge in [-0.1, -0.05) is 12.1 Å². The number of hydrogen-bond donors (Lipinski definition) is 2. The molecular weight excluding hydrogens is 334 g/mol. The topological polar surface area (TPSA) is 87.3 Å². The molecule has 138 valence electrons. The first-order chi connectivity index (χ1) is 12.7. The van der Waals surface area contributed by atoms with Gasteiger partial charge in [0.25, 0.3) is 0 Å². The van der Waals surface area contributed by atoms with Crippen LogP contribution in [0.4, 0.5) is 5.69 Å². The number of guanidine groups is 1. The zero-order valence-corrected chi connectivity index (χ0v) is 15.0. The molecule has 7 heteroatoms. The number of ether oxygens (including phenoxy) is 4. The number of nitrogens with one attached hydrogen (secondary N) is 1. The van der Waals surface area contributed by atoms with Crippen LogP contribution >= 0.6 is 0 Å². The van der Waals surface area contributed by atoms with E-state index >= 15 is 0 Å². The summed E-state index contributed by atoms with van der Waals surface area (Å²) in [5.74, 6) is 3.06. The van der Waals surface area contributed by atoms with E-state index in [4.69, 9.17) is 24.7 Å². The summed E-state index contributed by atoms with van der Waals surface area (Å²) in [5, 5.41) is 3.05. The number of fused-ring (bicyclic) bond motifs is 1. The van der Waals surface area contributed by atoms with Crippen LogP contribution in [0.2, 0.25) is 0 Å². The van der Waals surface area contributed by atoms with Crippen molar-refractivity contribution < 1.29 is 18.9 Å². The number of aliphatic imine (C=N–C) groups is 1. The number of methoxy groups -OCH3 is 2. The molecule has 0 saturated carbocycles. The van der Waals surface area contributed by atoms with Gasteiger partial charge >= 0.3 is 0 Å². The number of hydrogen-bond acceptors (Lipinski definition) is 5. The summed E-state index contributed by atoms with van der Waals surface area (Å²) in [6.45, 7) is 1.68. The zero-order valence-electron chi connectivity index (χ0n) is 15.0. The van der Waals surface area contributed by atoms with Gasteiger partial charge < -0.3 is 30.0 Å². The molecule has 0 spiro atoms. The third kappa shape index (κ3) is 4.11. The van der Waals surface area contributed by atoms with Crippen molar-refractivity contribution in [3.05, 3.63) is 42.0 Å². The molecular formula is C19H23N3O4. The molecule has 26 heavy (non-hydrogen) atoms. The lowest BCUT2D eigenvalue weighted by molar-refractivity contribution is 0.296. The monoisotopic (exact) mass is 357 g/mol. The Balaban J connectivity index is 1.71. The number of anilines is 1. The molecule has 0 aliphatic carbocycles. The quantitative estimate of drug-likeness (QED) is 0.632. The first kappa shape index (κ1) is 17.7. The van der Waals surface area contributed by atoms with Crippen LogP contribution in [-0.2, 0) is 6.54 Å². The first-order valence-electron chi connectivity index (χ1n) is 8.37. The van der Waals surface area contributed by atoms with Crippen molar-refractivity contribution in [3.8, 4) is 23.0 Å². The van der Waals surface area contributed by atoms with E-state index in [0.29, 0.717) is 37.2 Å². The second kappa shape index (κ2) is 8.33. The summed E-state index contributed by atoms with van der Waals surface area (Å²) >= 11 is 0. The summed E-state index contributed by atoms with van der Waals surface area (Å²) in [6, 6.07) is 11.2. The normalized spacial score (nSPS) is 13.7. The van der Waals surface area contributed by atoms with Crippen LogP contribution in [-0.4, -0.2) is 33.4 Å². The van der Waals surface area contributed by atoms with E-state index in [1.165, 1.54) is 0 Å². The minimum atomic E-state index is 0.296. The zero-order chi connectivity index (χ0) is 18.4. The summed E-state index contributed by atoms with van der Waals surface area (Å²) in [6.07, 6.45) is 0.861. The Labute approximate surface area is 152 Å². The fourth-order valence-electron chi connectivity index (χ4n) is 2.65. The summed E-state index contributed by atoms with van der Waals surface area (Å²) in [4.78, 5) is 4.40. The average Bonchev–Trinajstić information content (AvgIpc) is 2.92. The van der Waals surface area contributed by atoms with Crippen molar-refractivity contribution in [1.29, 1.82) is 0 Å². The maximum Gasteiger partial charge on any atom is 0.193 e. The van der Waals surface area contributed by atoms with Crippen molar-refractivity contribution >= 4 is 11.6 Å². The molecule has 0 amide bonds. The Morgan fingerprint density at radius 3 is 2.73 bits per heavy atom. The highest BCUT2D eigenvalue weighted by atomic mass is 16.5. The van der Waals surface area contributed by atoms with Gasteiger partial charge in [0, 0.05) is 23.7 Å². The molecule has 3 rings (SSSR count). The Bertz CT molecular complexity index is 792. The van der Waals surface area contributed by atoms with Crippen molar-refractivity contribution in [2.24, 2.45) is 10.7 Å². The van der Waals surface area contributed by atoms with Crippen molar-refractivity contribution in [1.82, 2.24) is 0 Å². The van der Waals surface area contributed by atoms with E-state index in [1.54, 1.807) is 26.4 Å². The molecule has 0 bridgehead atoms. The maximum absolute atomic E-state index is 6.02. The second-order valence-electron chi connectivity index (χ2n) is 5.69. The fourth-order valence-corrected chi connectivity index (χ4v) is 2.65. The number of nitrogens with two attached hydrogens (primary N) is 1. The van der Waals surface area contributed by atoms with Crippen LogP contribution in [0.3, 0.4) is 0 Å². The van der Waals surface area contributed by atoms with E-state index in [2.05, 4.69) is 10.3 Å². The minimum absolute atomic E-state index is 0.296. The van der Waals surface area contributed by atoms with E-state index in [1.807, 2.05) is 24.3 Å². The number of rotatable bonds is 5. The number of nitrogens with zero attached hydrogens (tertiary/aromatic N) is 1. The van der Waals surface area contributed by atoms with Crippen LogP contribution in [0.25, 0.3) is 0 Å². The maximum atomic E-state index is 6.02. The van der Waals surface area contributed by atoms with Crippen molar-refractivity contribution in [3.63, 3.8) is 0 Å². The highest BCUT2D eigenvalue weighted by Gasteiger charge is 2.14. The van der Waals surface area contributed by atoms with Gasteiger partial charge in [0.1, 0.15) is 0 Å². The molecule has 0 aromatic heterocycles. The lowest BCUT2D eigenvalue weighted by Crippen LogP contribution is -2.22. The Kier molecular flexibility index (Phi) is 5.68. The molecule has 0 saturated heterocycles. The molecule has 1 heterocycles. The van der Waals surface area contributed by atoms with Crippen LogP contribution in [0.15, 0.2) is 41.4 Å². The van der Waals surface area contributed by atoms with Crippen LogP contribution < -0.4 is 30.0 Å². The van der Waals surface area contributed by atoms with Gasteiger partial charge in [0.2, 0.25) is 0 Å². The van der Waals surface area contributed by atoms with Gasteiger partial charge in [-0.15, -0.1) is 0 Å². The number of benzene rings is 2. The summed E-state index contributed by atoms with van der Waals surface area (Å²) < 4.78 is 22.0. The fraction of sp³-hybridized carbons (Fsp3) is 0.316. The van der Waals surface area contributed by atoms with E-state index in [0.717, 1.165) is 29.2 Å². The van der Waals surface area contributed by atoms with Gasteiger partial charge in [0.15, 0.2) is 29.0 Å². The van der Waals surface area contributed by atoms with Crippen LogP contribution in [0, 0.1) is 0 Å². The minimum Gasteiger partial charge on any atom is -0.493 e. The third-order valence-electron chi connectivity index (χ3n) is 3.93. The highest BCUT2D eigenvalue weighted by molar-refractivity contribution is 5.92. The van der Waals surface area contributed by atoms with E-state index in [-0.39, 0.29) is 0 Å². The standard InChI is InChI=1S/C19H23N3O4/c1-23-15-8-7-14(11-17(15)24-2)22-19(20)21-12-13-5-3-6-16-18(13)26-10-4-9-25-16/h3,5-8,11H,4,9-10,12H2,1-2H3,(H3,20,21,22). The summed E-state index contributed by atoms with van der Waals surface area (Å²) in [5.41, 5.74) is 7.71. The smallest absolute Gasteiger partial charge is 0.193 e. The lowest BCUT2D eigenvalue weighted by Gasteiger charge is -2.12. The Hall–Kier alpha value is -3.09. The van der Waals surface area contributed by atoms with Crippen molar-refractivity contribution in [2.75, 3.05) is 32.8 Å². The highest BCUT2D eigenvalue weighted by Crippen LogP contribution is 2.33. The van der Waals surface area contributed by atoms with Crippen LogP contribution in [0.1, 0.15) is 12.0 Å². The van der Waals surface area contributed by atoms with Gasteiger partial charge in [0.05, 0.1) is 34.0 Å². The third-order valence-corrected chi connectivity index (χ3v) is 3.93. The predicted molar refractivity (Wildman–Crippen MR) is 101 cm³/mol. The van der Waals surface area contributed by atoms with Gasteiger partial charge in [-0.3, -0.25) is 0 Å². The van der Waals surface area contributed by atoms with Crippen molar-refractivity contribution in [2.45, 2.75) is 13.0 Å². The van der Waals surface area contributed by atoms with Gasteiger partial charge in [-0.2, -0.15) is 0 Å². The molecule has 3 N–H and O–H groups in total. The molecule has 1 aliphatic heterocycles. The SMILES string of the molecule is COc1ccc(NC(N)=NCc2cccc3c2OCCCO3)cc1OC. The molecule has 0 radical (unpaired) electrons. The predicted octanol–water partition coefficient (Wildman–Crippen LogP) is 2.79. The molecule has 0 atom stereocenters. The molecule has 0 unspecified atom stereocenters. The lowest BCUT2D eigenvalue weighted by atomic mass is 10.2. The molecule has 7 nitrogen and oxygen atoms in total.